The van der Waals surface area contributed by atoms with Crippen LogP contribution in [0.4, 0.5) is 0 Å². The van der Waals surface area contributed by atoms with E-state index < -0.39 is 24.7 Å². The molecule has 0 saturated carbocycles. The number of carbonyl (C=O) groups is 1. The fraction of sp³-hybridized carbons (Fsp3) is 0.875. The van der Waals surface area contributed by atoms with Crippen molar-refractivity contribution < 1.29 is 20.1 Å². The molecule has 0 heterocycles. The lowest BCUT2D eigenvalue weighted by Crippen LogP contribution is -2.43. The van der Waals surface area contributed by atoms with Gasteiger partial charge in [0, 0.05) is 6.54 Å². The Bertz CT molecular complexity index is 151. The van der Waals surface area contributed by atoms with Gasteiger partial charge in [0.2, 0.25) is 0 Å². The molecule has 0 unspecified atom stereocenters. The summed E-state index contributed by atoms with van der Waals surface area (Å²) in [6.45, 7) is 1.83. The van der Waals surface area contributed by atoms with Gasteiger partial charge in [0.15, 0.2) is 6.10 Å². The normalized spacial score (nSPS) is 15.1. The second-order valence-electron chi connectivity index (χ2n) is 2.84. The van der Waals surface area contributed by atoms with Crippen LogP contribution in [-0.4, -0.2) is 46.6 Å². The topological polar surface area (TPSA) is 89.8 Å². The molecular weight excluding hydrogens is 174 g/mol. The average molecular weight is 191 g/mol. The molecule has 1 amide bonds. The summed E-state index contributed by atoms with van der Waals surface area (Å²) in [4.78, 5) is 11.0. The Labute approximate surface area is 77.4 Å². The maximum absolute atomic E-state index is 11.0. The van der Waals surface area contributed by atoms with Crippen molar-refractivity contribution >= 4 is 5.91 Å². The molecule has 5 heteroatoms. The van der Waals surface area contributed by atoms with E-state index in [2.05, 4.69) is 5.32 Å². The van der Waals surface area contributed by atoms with Crippen LogP contribution >= 0.6 is 0 Å². The summed E-state index contributed by atoms with van der Waals surface area (Å²) in [6.07, 6.45) is -1.17. The van der Waals surface area contributed by atoms with Crippen LogP contribution in [0.25, 0.3) is 0 Å². The number of aliphatic hydroxyl groups is 3. The lowest BCUT2D eigenvalue weighted by atomic mass is 10.2. The van der Waals surface area contributed by atoms with Crippen molar-refractivity contribution in [1.82, 2.24) is 5.32 Å². The fourth-order valence-electron chi connectivity index (χ4n) is 0.768. The molecule has 0 aliphatic carbocycles. The van der Waals surface area contributed by atoms with Gasteiger partial charge in [-0.25, -0.2) is 0 Å². The van der Waals surface area contributed by atoms with Crippen molar-refractivity contribution in [2.24, 2.45) is 0 Å². The Morgan fingerprint density at radius 2 is 2.08 bits per heavy atom. The van der Waals surface area contributed by atoms with Gasteiger partial charge in [0.05, 0.1) is 6.61 Å². The van der Waals surface area contributed by atoms with Gasteiger partial charge in [-0.3, -0.25) is 4.79 Å². The molecule has 0 bridgehead atoms. The lowest BCUT2D eigenvalue weighted by Gasteiger charge is -2.14. The molecule has 0 aromatic rings. The third-order valence-corrected chi connectivity index (χ3v) is 1.65. The highest BCUT2D eigenvalue weighted by molar-refractivity contribution is 5.81. The van der Waals surface area contributed by atoms with E-state index in [1.54, 1.807) is 0 Å². The zero-order chi connectivity index (χ0) is 10.3. The van der Waals surface area contributed by atoms with Crippen molar-refractivity contribution in [1.29, 1.82) is 0 Å². The van der Waals surface area contributed by atoms with Gasteiger partial charge in [-0.05, 0) is 6.42 Å². The third kappa shape index (κ3) is 4.82. The van der Waals surface area contributed by atoms with Gasteiger partial charge < -0.3 is 20.6 Å². The van der Waals surface area contributed by atoms with Crippen LogP contribution in [0.3, 0.4) is 0 Å². The minimum absolute atomic E-state index is 0.477. The molecule has 78 valence electrons. The number of hydrogen-bond acceptors (Lipinski definition) is 4. The van der Waals surface area contributed by atoms with Gasteiger partial charge in [0.1, 0.15) is 6.10 Å². The number of amides is 1. The molecule has 5 nitrogen and oxygen atoms in total. The van der Waals surface area contributed by atoms with Crippen LogP contribution in [0.5, 0.6) is 0 Å². The summed E-state index contributed by atoms with van der Waals surface area (Å²) in [7, 11) is 0. The molecule has 4 N–H and O–H groups in total. The molecule has 0 fully saturated rings. The zero-order valence-electron chi connectivity index (χ0n) is 7.73. The van der Waals surface area contributed by atoms with Crippen LogP contribution < -0.4 is 5.32 Å². The quantitative estimate of drug-likeness (QED) is 0.389. The summed E-state index contributed by atoms with van der Waals surface area (Å²) < 4.78 is 0. The monoisotopic (exact) mass is 191 g/mol. The van der Waals surface area contributed by atoms with E-state index in [0.29, 0.717) is 6.54 Å². The molecule has 0 aromatic carbocycles. The SMILES string of the molecule is CCCCNC(=O)[C@H](O)[C@H](O)CO. The van der Waals surface area contributed by atoms with Crippen LogP contribution in [0, 0.1) is 0 Å². The average Bonchev–Trinajstić information content (AvgIpc) is 2.15. The Hall–Kier alpha value is -0.650. The molecule has 0 aromatic heterocycles. The highest BCUT2D eigenvalue weighted by atomic mass is 16.4. The highest BCUT2D eigenvalue weighted by Crippen LogP contribution is 1.92. The summed E-state index contributed by atoms with van der Waals surface area (Å²) in [6, 6.07) is 0. The Morgan fingerprint density at radius 3 is 2.54 bits per heavy atom. The number of aliphatic hydroxyl groups excluding tert-OH is 3. The van der Waals surface area contributed by atoms with E-state index in [9.17, 15) is 4.79 Å². The highest BCUT2D eigenvalue weighted by Gasteiger charge is 2.22. The van der Waals surface area contributed by atoms with Gasteiger partial charge in [-0.15, -0.1) is 0 Å². The maximum atomic E-state index is 11.0. The largest absolute Gasteiger partial charge is 0.394 e. The molecule has 0 aliphatic heterocycles. The molecule has 0 spiro atoms. The van der Waals surface area contributed by atoms with Crippen molar-refractivity contribution in [3.8, 4) is 0 Å². The Kier molecular flexibility index (Phi) is 6.48. The van der Waals surface area contributed by atoms with E-state index >= 15 is 0 Å². The van der Waals surface area contributed by atoms with Gasteiger partial charge >= 0.3 is 0 Å². The van der Waals surface area contributed by atoms with Crippen LogP contribution in [-0.2, 0) is 4.79 Å². The second-order valence-corrected chi connectivity index (χ2v) is 2.84. The minimum atomic E-state index is -1.54. The van der Waals surface area contributed by atoms with Crippen LogP contribution in [0.1, 0.15) is 19.8 Å². The number of carbonyl (C=O) groups excluding carboxylic acids is 1. The fourth-order valence-corrected chi connectivity index (χ4v) is 0.768. The van der Waals surface area contributed by atoms with E-state index in [1.165, 1.54) is 0 Å². The van der Waals surface area contributed by atoms with Gasteiger partial charge in [-0.1, -0.05) is 13.3 Å². The summed E-state index contributed by atoms with van der Waals surface area (Å²) in [5.74, 6) is -0.644. The molecule has 0 radical (unpaired) electrons. The number of unbranched alkanes of at least 4 members (excludes halogenated alkanes) is 1. The second kappa shape index (κ2) is 6.82. The Balaban J connectivity index is 3.69. The van der Waals surface area contributed by atoms with E-state index in [-0.39, 0.29) is 0 Å². The van der Waals surface area contributed by atoms with Crippen LogP contribution in [0.15, 0.2) is 0 Å². The first-order chi connectivity index (χ1) is 6.13. The van der Waals surface area contributed by atoms with E-state index in [0.717, 1.165) is 12.8 Å². The first-order valence-electron chi connectivity index (χ1n) is 4.38. The van der Waals surface area contributed by atoms with Crippen molar-refractivity contribution in [2.75, 3.05) is 13.2 Å². The third-order valence-electron chi connectivity index (χ3n) is 1.65. The van der Waals surface area contributed by atoms with Crippen molar-refractivity contribution in [2.45, 2.75) is 32.0 Å². The van der Waals surface area contributed by atoms with Crippen molar-refractivity contribution in [3.63, 3.8) is 0 Å². The predicted molar refractivity (Wildman–Crippen MR) is 47.0 cm³/mol. The Morgan fingerprint density at radius 1 is 1.46 bits per heavy atom. The summed E-state index contributed by atoms with van der Waals surface area (Å²) in [5, 5.41) is 28.8. The molecule has 0 aliphatic rings. The minimum Gasteiger partial charge on any atom is -0.394 e. The van der Waals surface area contributed by atoms with E-state index in [4.69, 9.17) is 15.3 Å². The molecule has 2 atom stereocenters. The van der Waals surface area contributed by atoms with Crippen LogP contribution in [0.2, 0.25) is 0 Å². The number of rotatable bonds is 6. The first kappa shape index (κ1) is 12.3. The summed E-state index contributed by atoms with van der Waals surface area (Å²) >= 11 is 0. The molecular formula is C8H17NO4. The lowest BCUT2D eigenvalue weighted by molar-refractivity contribution is -0.136. The number of nitrogens with one attached hydrogen (secondary N) is 1. The standard InChI is InChI=1S/C8H17NO4/c1-2-3-4-9-8(13)7(12)6(11)5-10/h6-7,10-12H,2-5H2,1H3,(H,9,13)/t6-,7-/m1/s1. The number of hydrogen-bond donors (Lipinski definition) is 4. The predicted octanol–water partition coefficient (Wildman–Crippen LogP) is -1.38. The summed E-state index contributed by atoms with van der Waals surface area (Å²) in [5.41, 5.74) is 0. The molecule has 0 saturated heterocycles. The molecule has 13 heavy (non-hydrogen) atoms. The van der Waals surface area contributed by atoms with Gasteiger partial charge in [-0.2, -0.15) is 0 Å². The first-order valence-corrected chi connectivity index (χ1v) is 4.38. The van der Waals surface area contributed by atoms with Crippen molar-refractivity contribution in [3.05, 3.63) is 0 Å². The van der Waals surface area contributed by atoms with Gasteiger partial charge in [0.25, 0.3) is 5.91 Å². The smallest absolute Gasteiger partial charge is 0.251 e. The molecule has 0 rings (SSSR count). The maximum Gasteiger partial charge on any atom is 0.251 e. The zero-order valence-corrected chi connectivity index (χ0v) is 7.73. The van der Waals surface area contributed by atoms with E-state index in [1.807, 2.05) is 6.92 Å².